The molecule has 1 aliphatic heterocycles. The third-order valence-electron chi connectivity index (χ3n) is 3.85. The predicted molar refractivity (Wildman–Crippen MR) is 82.5 cm³/mol. The predicted octanol–water partition coefficient (Wildman–Crippen LogP) is 1.78. The molecule has 0 saturated carbocycles. The second-order valence-electron chi connectivity index (χ2n) is 5.43. The van der Waals surface area contributed by atoms with E-state index in [0.717, 1.165) is 17.7 Å². The highest BCUT2D eigenvalue weighted by Crippen LogP contribution is 2.36. The van der Waals surface area contributed by atoms with Gasteiger partial charge in [0, 0.05) is 36.9 Å². The molecule has 1 N–H and O–H groups in total. The van der Waals surface area contributed by atoms with Crippen LogP contribution in [0.5, 0.6) is 0 Å². The summed E-state index contributed by atoms with van der Waals surface area (Å²) in [5, 5.41) is 7.12. The molecule has 3 rings (SSSR count). The molecule has 2 aromatic rings. The Hall–Kier alpha value is -2.15. The standard InChI is InChI=1S/C15H17N3O3S/c1-3-18-9-13-12(8-14(19)16-15(13)17-18)10-4-6-11(7-5-10)22(2,20)21/h4-7,9,12H,3,8H2,1-2H3,(H,16,17,19). The number of aryl methyl sites for hydroxylation is 1. The number of hydrogen-bond acceptors (Lipinski definition) is 4. The zero-order valence-corrected chi connectivity index (χ0v) is 13.2. The molecule has 0 bridgehead atoms. The highest BCUT2D eigenvalue weighted by atomic mass is 32.2. The number of benzene rings is 1. The molecule has 0 fully saturated rings. The fourth-order valence-electron chi connectivity index (χ4n) is 2.67. The van der Waals surface area contributed by atoms with Crippen LogP contribution in [-0.2, 0) is 21.2 Å². The number of sulfone groups is 1. The molecular formula is C15H17N3O3S. The van der Waals surface area contributed by atoms with Gasteiger partial charge in [-0.2, -0.15) is 5.10 Å². The smallest absolute Gasteiger partial charge is 0.226 e. The number of anilines is 1. The van der Waals surface area contributed by atoms with E-state index in [4.69, 9.17) is 0 Å². The van der Waals surface area contributed by atoms with E-state index in [2.05, 4.69) is 10.4 Å². The van der Waals surface area contributed by atoms with Crippen LogP contribution in [-0.4, -0.2) is 30.4 Å². The van der Waals surface area contributed by atoms with Gasteiger partial charge in [0.25, 0.3) is 0 Å². The first-order valence-electron chi connectivity index (χ1n) is 7.05. The first kappa shape index (κ1) is 14.8. The Balaban J connectivity index is 2.01. The number of fused-ring (bicyclic) bond motifs is 1. The molecule has 0 spiro atoms. The summed E-state index contributed by atoms with van der Waals surface area (Å²) in [6.45, 7) is 2.71. The second-order valence-corrected chi connectivity index (χ2v) is 7.45. The molecule has 6 nitrogen and oxygen atoms in total. The quantitative estimate of drug-likeness (QED) is 0.935. The van der Waals surface area contributed by atoms with Crippen LogP contribution in [0.15, 0.2) is 35.4 Å². The Labute approximate surface area is 129 Å². The van der Waals surface area contributed by atoms with Crippen LogP contribution in [0.1, 0.15) is 30.4 Å². The van der Waals surface area contributed by atoms with Crippen LogP contribution >= 0.6 is 0 Å². The summed E-state index contributed by atoms with van der Waals surface area (Å²) in [5.41, 5.74) is 1.88. The lowest BCUT2D eigenvalue weighted by atomic mass is 9.87. The Kier molecular flexibility index (Phi) is 3.52. The van der Waals surface area contributed by atoms with E-state index in [0.29, 0.717) is 12.2 Å². The van der Waals surface area contributed by atoms with E-state index in [9.17, 15) is 13.2 Å². The van der Waals surface area contributed by atoms with Gasteiger partial charge in [-0.15, -0.1) is 0 Å². The molecule has 2 heterocycles. The summed E-state index contributed by atoms with van der Waals surface area (Å²) in [6.07, 6.45) is 3.45. The van der Waals surface area contributed by atoms with Gasteiger partial charge in [-0.3, -0.25) is 9.48 Å². The molecule has 1 unspecified atom stereocenters. The lowest BCUT2D eigenvalue weighted by molar-refractivity contribution is -0.116. The number of nitrogens with one attached hydrogen (secondary N) is 1. The summed E-state index contributed by atoms with van der Waals surface area (Å²) >= 11 is 0. The van der Waals surface area contributed by atoms with Crippen molar-refractivity contribution in [2.45, 2.75) is 30.7 Å². The molecule has 7 heteroatoms. The average molecular weight is 319 g/mol. The number of carbonyl (C=O) groups is 1. The van der Waals surface area contributed by atoms with Crippen LogP contribution in [0.4, 0.5) is 5.82 Å². The van der Waals surface area contributed by atoms with Crippen molar-refractivity contribution in [3.63, 3.8) is 0 Å². The van der Waals surface area contributed by atoms with E-state index in [1.165, 1.54) is 6.26 Å². The van der Waals surface area contributed by atoms with Crippen molar-refractivity contribution >= 4 is 21.6 Å². The zero-order chi connectivity index (χ0) is 15.9. The zero-order valence-electron chi connectivity index (χ0n) is 12.4. The SMILES string of the molecule is CCn1cc2c(n1)NC(=O)CC2c1ccc(S(C)(=O)=O)cc1. The first-order valence-corrected chi connectivity index (χ1v) is 8.95. The first-order chi connectivity index (χ1) is 10.4. The van der Waals surface area contributed by atoms with Gasteiger partial charge in [0.05, 0.1) is 4.90 Å². The van der Waals surface area contributed by atoms with Gasteiger partial charge in [-0.25, -0.2) is 8.42 Å². The van der Waals surface area contributed by atoms with E-state index < -0.39 is 9.84 Å². The topological polar surface area (TPSA) is 81.1 Å². The van der Waals surface area contributed by atoms with Gasteiger partial charge < -0.3 is 5.32 Å². The number of nitrogens with zero attached hydrogens (tertiary/aromatic N) is 2. The van der Waals surface area contributed by atoms with Crippen LogP contribution in [0, 0.1) is 0 Å². The van der Waals surface area contributed by atoms with Crippen LogP contribution < -0.4 is 5.32 Å². The molecule has 1 aliphatic rings. The van der Waals surface area contributed by atoms with E-state index in [1.54, 1.807) is 28.9 Å². The maximum absolute atomic E-state index is 11.9. The van der Waals surface area contributed by atoms with Gasteiger partial charge in [-0.05, 0) is 24.6 Å². The van der Waals surface area contributed by atoms with Gasteiger partial charge in [-0.1, -0.05) is 12.1 Å². The van der Waals surface area contributed by atoms with Crippen molar-refractivity contribution in [1.29, 1.82) is 0 Å². The summed E-state index contributed by atoms with van der Waals surface area (Å²) in [4.78, 5) is 12.2. The third kappa shape index (κ3) is 2.64. The van der Waals surface area contributed by atoms with E-state index >= 15 is 0 Å². The average Bonchev–Trinajstić information content (AvgIpc) is 2.88. The highest BCUT2D eigenvalue weighted by Gasteiger charge is 2.29. The molecular weight excluding hydrogens is 302 g/mol. The number of amides is 1. The molecule has 0 radical (unpaired) electrons. The number of rotatable bonds is 3. The second kappa shape index (κ2) is 5.24. The van der Waals surface area contributed by atoms with E-state index in [1.807, 2.05) is 13.1 Å². The van der Waals surface area contributed by atoms with Gasteiger partial charge in [0.2, 0.25) is 5.91 Å². The van der Waals surface area contributed by atoms with Crippen LogP contribution in [0.25, 0.3) is 0 Å². The molecule has 22 heavy (non-hydrogen) atoms. The minimum absolute atomic E-state index is 0.0777. The lowest BCUT2D eigenvalue weighted by Gasteiger charge is -2.22. The Morgan fingerprint density at radius 2 is 2.00 bits per heavy atom. The maximum Gasteiger partial charge on any atom is 0.226 e. The van der Waals surface area contributed by atoms with Crippen LogP contribution in [0.2, 0.25) is 0 Å². The summed E-state index contributed by atoms with van der Waals surface area (Å²) in [5.74, 6) is 0.416. The Morgan fingerprint density at radius 1 is 1.32 bits per heavy atom. The van der Waals surface area contributed by atoms with Crippen molar-refractivity contribution in [3.05, 3.63) is 41.6 Å². The minimum atomic E-state index is -3.22. The van der Waals surface area contributed by atoms with Gasteiger partial charge >= 0.3 is 0 Å². The molecule has 116 valence electrons. The normalized spacial score (nSPS) is 17.9. The van der Waals surface area contributed by atoms with E-state index in [-0.39, 0.29) is 16.7 Å². The summed E-state index contributed by atoms with van der Waals surface area (Å²) in [6, 6.07) is 6.71. The molecule has 1 aromatic heterocycles. The molecule has 0 saturated heterocycles. The van der Waals surface area contributed by atoms with Crippen molar-refractivity contribution in [2.75, 3.05) is 11.6 Å². The maximum atomic E-state index is 11.9. The van der Waals surface area contributed by atoms with Crippen molar-refractivity contribution in [3.8, 4) is 0 Å². The molecule has 1 amide bonds. The lowest BCUT2D eigenvalue weighted by Crippen LogP contribution is -2.23. The molecule has 1 atom stereocenters. The number of hydrogen-bond donors (Lipinski definition) is 1. The minimum Gasteiger partial charge on any atom is -0.309 e. The monoisotopic (exact) mass is 319 g/mol. The molecule has 1 aromatic carbocycles. The molecule has 0 aliphatic carbocycles. The fourth-order valence-corrected chi connectivity index (χ4v) is 3.30. The highest BCUT2D eigenvalue weighted by molar-refractivity contribution is 7.90. The number of aromatic nitrogens is 2. The van der Waals surface area contributed by atoms with Crippen molar-refractivity contribution < 1.29 is 13.2 Å². The van der Waals surface area contributed by atoms with Gasteiger partial charge in [0.15, 0.2) is 15.7 Å². The summed E-state index contributed by atoms with van der Waals surface area (Å²) in [7, 11) is -3.22. The Morgan fingerprint density at radius 3 is 2.59 bits per heavy atom. The van der Waals surface area contributed by atoms with Crippen molar-refractivity contribution in [2.24, 2.45) is 0 Å². The number of carbonyl (C=O) groups excluding carboxylic acids is 1. The van der Waals surface area contributed by atoms with Gasteiger partial charge in [0.1, 0.15) is 0 Å². The van der Waals surface area contributed by atoms with Crippen molar-refractivity contribution in [1.82, 2.24) is 9.78 Å². The third-order valence-corrected chi connectivity index (χ3v) is 4.98. The van der Waals surface area contributed by atoms with Crippen LogP contribution in [0.3, 0.4) is 0 Å². The fraction of sp³-hybridized carbons (Fsp3) is 0.333. The largest absolute Gasteiger partial charge is 0.309 e. The Bertz CT molecular complexity index is 822. The summed E-state index contributed by atoms with van der Waals surface area (Å²) < 4.78 is 24.9.